The van der Waals surface area contributed by atoms with Crippen LogP contribution in [-0.4, -0.2) is 16.1 Å². The van der Waals surface area contributed by atoms with Gasteiger partial charge in [0.05, 0.1) is 6.42 Å². The van der Waals surface area contributed by atoms with Crippen molar-refractivity contribution in [3.63, 3.8) is 0 Å². The molecule has 154 valence electrons. The minimum absolute atomic E-state index is 0.0543. The van der Waals surface area contributed by atoms with E-state index in [2.05, 4.69) is 29.2 Å². The Kier molecular flexibility index (Phi) is 4.79. The van der Waals surface area contributed by atoms with Crippen molar-refractivity contribution in [1.82, 2.24) is 4.98 Å². The molecule has 1 aliphatic carbocycles. The molecule has 0 spiro atoms. The normalized spacial score (nSPS) is 15.0. The number of pyridine rings is 1. The van der Waals surface area contributed by atoms with Crippen LogP contribution >= 0.6 is 0 Å². The number of nitrogens with two attached hydrogens (primary N) is 1. The summed E-state index contributed by atoms with van der Waals surface area (Å²) >= 11 is 0. The van der Waals surface area contributed by atoms with E-state index in [0.717, 1.165) is 40.3 Å². The fourth-order valence-corrected chi connectivity index (χ4v) is 4.42. The van der Waals surface area contributed by atoms with E-state index in [1.54, 1.807) is 6.20 Å². The summed E-state index contributed by atoms with van der Waals surface area (Å²) in [4.78, 5) is 15.4. The fraction of sp³-hybridized carbons (Fsp3) is 0.154. The number of carboxylic acids is 1. The highest BCUT2D eigenvalue weighted by atomic mass is 16.5. The standard InChI is InChI=1S/C26H22N2O3/c27-26-21-6-3-5-19(20(21)12-13-28-26)17-9-8-16-10-11-24(22(16)14-17)31-23-7-2-1-4-18(23)15-25(29)30/h1-9,12-14,24H,10-11,15H2,(H2,27,28)(H,29,30). The SMILES string of the molecule is Nc1nccc2c(-c3ccc4c(c3)C(Oc3ccccc3CC(=O)O)CC4)cccc12. The van der Waals surface area contributed by atoms with Crippen LogP contribution in [0.1, 0.15) is 29.2 Å². The van der Waals surface area contributed by atoms with Gasteiger partial charge in [-0.15, -0.1) is 0 Å². The van der Waals surface area contributed by atoms with Crippen LogP contribution in [0.2, 0.25) is 0 Å². The molecule has 1 aliphatic rings. The lowest BCUT2D eigenvalue weighted by Crippen LogP contribution is -2.08. The number of hydrogen-bond donors (Lipinski definition) is 2. The highest BCUT2D eigenvalue weighted by molar-refractivity contribution is 6.01. The molecule has 1 heterocycles. The molecule has 0 saturated carbocycles. The van der Waals surface area contributed by atoms with Gasteiger partial charge < -0.3 is 15.6 Å². The number of nitrogens with zero attached hydrogens (tertiary/aromatic N) is 1. The average molecular weight is 410 g/mol. The molecule has 1 atom stereocenters. The van der Waals surface area contributed by atoms with Gasteiger partial charge in [0, 0.05) is 17.1 Å². The summed E-state index contributed by atoms with van der Waals surface area (Å²) in [6.45, 7) is 0. The Labute approximate surface area is 180 Å². The summed E-state index contributed by atoms with van der Waals surface area (Å²) in [5.74, 6) is 0.295. The number of aryl methyl sites for hydroxylation is 1. The first kappa shape index (κ1) is 19.1. The first-order valence-corrected chi connectivity index (χ1v) is 10.3. The molecule has 5 rings (SSSR count). The molecular weight excluding hydrogens is 388 g/mol. The fourth-order valence-electron chi connectivity index (χ4n) is 4.42. The number of carbonyl (C=O) groups is 1. The summed E-state index contributed by atoms with van der Waals surface area (Å²) < 4.78 is 6.34. The second-order valence-electron chi connectivity index (χ2n) is 7.83. The Hall–Kier alpha value is -3.86. The summed E-state index contributed by atoms with van der Waals surface area (Å²) in [5, 5.41) is 11.2. The van der Waals surface area contributed by atoms with E-state index in [4.69, 9.17) is 10.5 Å². The van der Waals surface area contributed by atoms with Crippen LogP contribution < -0.4 is 10.5 Å². The molecule has 0 bridgehead atoms. The van der Waals surface area contributed by atoms with E-state index in [1.165, 1.54) is 5.56 Å². The van der Waals surface area contributed by atoms with E-state index in [9.17, 15) is 9.90 Å². The van der Waals surface area contributed by atoms with Crippen molar-refractivity contribution in [3.05, 3.63) is 89.6 Å². The average Bonchev–Trinajstić information content (AvgIpc) is 3.17. The zero-order valence-electron chi connectivity index (χ0n) is 16.9. The van der Waals surface area contributed by atoms with E-state index >= 15 is 0 Å². The monoisotopic (exact) mass is 410 g/mol. The summed E-state index contributed by atoms with van der Waals surface area (Å²) in [6, 6.07) is 21.9. The van der Waals surface area contributed by atoms with E-state index in [0.29, 0.717) is 17.1 Å². The molecule has 1 unspecified atom stereocenters. The maximum Gasteiger partial charge on any atom is 0.307 e. The smallest absolute Gasteiger partial charge is 0.307 e. The van der Waals surface area contributed by atoms with Gasteiger partial charge in [-0.2, -0.15) is 0 Å². The zero-order chi connectivity index (χ0) is 21.4. The van der Waals surface area contributed by atoms with Gasteiger partial charge in [-0.1, -0.05) is 48.5 Å². The number of aromatic nitrogens is 1. The third-order valence-electron chi connectivity index (χ3n) is 5.90. The number of carboxylic acid groups (broad SMARTS) is 1. The lowest BCUT2D eigenvalue weighted by atomic mass is 9.96. The number of fused-ring (bicyclic) bond motifs is 2. The Morgan fingerprint density at radius 1 is 1.06 bits per heavy atom. The highest BCUT2D eigenvalue weighted by Gasteiger charge is 2.26. The molecule has 0 fully saturated rings. The second kappa shape index (κ2) is 7.76. The van der Waals surface area contributed by atoms with Gasteiger partial charge in [-0.25, -0.2) is 4.98 Å². The molecule has 31 heavy (non-hydrogen) atoms. The summed E-state index contributed by atoms with van der Waals surface area (Å²) in [5.41, 5.74) is 11.4. The van der Waals surface area contributed by atoms with Crippen molar-refractivity contribution in [2.24, 2.45) is 0 Å². The number of ether oxygens (including phenoxy) is 1. The third kappa shape index (κ3) is 3.59. The molecular formula is C26H22N2O3. The largest absolute Gasteiger partial charge is 0.485 e. The molecule has 3 aromatic carbocycles. The van der Waals surface area contributed by atoms with Crippen molar-refractivity contribution >= 4 is 22.6 Å². The number of rotatable bonds is 5. The van der Waals surface area contributed by atoms with Gasteiger partial charge in [-0.05, 0) is 58.7 Å². The topological polar surface area (TPSA) is 85.4 Å². The van der Waals surface area contributed by atoms with E-state index in [-0.39, 0.29) is 12.5 Å². The molecule has 0 amide bonds. The number of anilines is 1. The van der Waals surface area contributed by atoms with Crippen LogP contribution in [0.15, 0.2) is 72.9 Å². The molecule has 4 aromatic rings. The van der Waals surface area contributed by atoms with E-state index in [1.807, 2.05) is 42.5 Å². The van der Waals surface area contributed by atoms with Gasteiger partial charge >= 0.3 is 5.97 Å². The number of benzene rings is 3. The minimum atomic E-state index is -0.866. The zero-order valence-corrected chi connectivity index (χ0v) is 16.9. The maximum absolute atomic E-state index is 11.2. The van der Waals surface area contributed by atoms with Crippen LogP contribution in [0.3, 0.4) is 0 Å². The number of para-hydroxylation sites is 1. The molecule has 3 N–H and O–H groups in total. The number of aliphatic carboxylic acids is 1. The van der Waals surface area contributed by atoms with Gasteiger partial charge in [0.2, 0.25) is 0 Å². The second-order valence-corrected chi connectivity index (χ2v) is 7.83. The van der Waals surface area contributed by atoms with Crippen molar-refractivity contribution in [1.29, 1.82) is 0 Å². The molecule has 5 heteroatoms. The van der Waals surface area contributed by atoms with Crippen LogP contribution in [0, 0.1) is 0 Å². The Morgan fingerprint density at radius 2 is 1.94 bits per heavy atom. The quantitative estimate of drug-likeness (QED) is 0.474. The van der Waals surface area contributed by atoms with Crippen molar-refractivity contribution in [3.8, 4) is 16.9 Å². The molecule has 0 aliphatic heterocycles. The minimum Gasteiger partial charge on any atom is -0.485 e. The lowest BCUT2D eigenvalue weighted by Gasteiger charge is -2.18. The maximum atomic E-state index is 11.2. The first-order valence-electron chi connectivity index (χ1n) is 10.3. The van der Waals surface area contributed by atoms with E-state index < -0.39 is 5.97 Å². The van der Waals surface area contributed by atoms with Crippen LogP contribution in [0.5, 0.6) is 5.75 Å². The van der Waals surface area contributed by atoms with Crippen LogP contribution in [-0.2, 0) is 17.6 Å². The van der Waals surface area contributed by atoms with Crippen molar-refractivity contribution in [2.75, 3.05) is 5.73 Å². The summed E-state index contributed by atoms with van der Waals surface area (Å²) in [7, 11) is 0. The number of nitrogen functional groups attached to an aromatic ring is 1. The van der Waals surface area contributed by atoms with Gasteiger partial charge in [0.25, 0.3) is 0 Å². The predicted octanol–water partition coefficient (Wildman–Crippen LogP) is 5.18. The summed E-state index contributed by atoms with van der Waals surface area (Å²) in [6.07, 6.45) is 3.38. The van der Waals surface area contributed by atoms with Crippen LogP contribution in [0.4, 0.5) is 5.82 Å². The molecule has 1 aromatic heterocycles. The Bertz CT molecular complexity index is 1300. The van der Waals surface area contributed by atoms with Crippen LogP contribution in [0.25, 0.3) is 21.9 Å². The first-order chi connectivity index (χ1) is 15.1. The molecule has 0 radical (unpaired) electrons. The van der Waals surface area contributed by atoms with Crippen molar-refractivity contribution < 1.29 is 14.6 Å². The number of hydrogen-bond acceptors (Lipinski definition) is 4. The van der Waals surface area contributed by atoms with Gasteiger partial charge in [0.15, 0.2) is 0 Å². The van der Waals surface area contributed by atoms with Gasteiger partial charge in [-0.3, -0.25) is 4.79 Å². The Balaban J connectivity index is 1.52. The lowest BCUT2D eigenvalue weighted by molar-refractivity contribution is -0.136. The molecule has 5 nitrogen and oxygen atoms in total. The third-order valence-corrected chi connectivity index (χ3v) is 5.90. The van der Waals surface area contributed by atoms with Crippen molar-refractivity contribution in [2.45, 2.75) is 25.4 Å². The highest BCUT2D eigenvalue weighted by Crippen LogP contribution is 2.39. The molecule has 0 saturated heterocycles. The Morgan fingerprint density at radius 3 is 2.81 bits per heavy atom. The van der Waals surface area contributed by atoms with Gasteiger partial charge in [0.1, 0.15) is 17.7 Å². The predicted molar refractivity (Wildman–Crippen MR) is 121 cm³/mol.